The highest BCUT2D eigenvalue weighted by molar-refractivity contribution is 5.81. The summed E-state index contributed by atoms with van der Waals surface area (Å²) in [4.78, 5) is 10.9. The van der Waals surface area contributed by atoms with Gasteiger partial charge in [-0.05, 0) is 37.5 Å². The zero-order valence-corrected chi connectivity index (χ0v) is 8.95. The smallest absolute Gasteiger partial charge is 0.172 e. The first-order valence-electron chi connectivity index (χ1n) is 5.05. The number of benzene rings is 1. The van der Waals surface area contributed by atoms with Crippen LogP contribution in [0.25, 0.3) is 0 Å². The Labute approximate surface area is 89.0 Å². The second-order valence-electron chi connectivity index (χ2n) is 3.82. The van der Waals surface area contributed by atoms with E-state index in [2.05, 4.69) is 0 Å². The van der Waals surface area contributed by atoms with Crippen molar-refractivity contribution in [2.45, 2.75) is 25.9 Å². The Morgan fingerprint density at radius 2 is 2.13 bits per heavy atom. The molecular formula is C12H14O3. The number of ether oxygens (including phenoxy) is 2. The van der Waals surface area contributed by atoms with Crippen molar-refractivity contribution >= 4 is 6.29 Å². The van der Waals surface area contributed by atoms with Crippen molar-refractivity contribution < 1.29 is 14.3 Å². The van der Waals surface area contributed by atoms with Crippen LogP contribution in [0.3, 0.4) is 0 Å². The predicted octanol–water partition coefficient (Wildman–Crippen LogP) is 2.36. The molecule has 0 bridgehead atoms. The summed E-state index contributed by atoms with van der Waals surface area (Å²) in [5, 5.41) is 0. The molecule has 0 unspecified atom stereocenters. The first-order chi connectivity index (χ1) is 7.24. The summed E-state index contributed by atoms with van der Waals surface area (Å²) in [6.07, 6.45) is 3.21. The minimum absolute atomic E-state index is 0.264. The van der Waals surface area contributed by atoms with Gasteiger partial charge >= 0.3 is 0 Å². The Hall–Kier alpha value is -1.51. The molecule has 0 aromatic heterocycles. The summed E-state index contributed by atoms with van der Waals surface area (Å²) < 4.78 is 10.9. The van der Waals surface area contributed by atoms with E-state index in [1.54, 1.807) is 7.11 Å². The monoisotopic (exact) mass is 206 g/mol. The fourth-order valence-corrected chi connectivity index (χ4v) is 1.48. The van der Waals surface area contributed by atoms with Crippen molar-refractivity contribution in [1.82, 2.24) is 0 Å². The Bertz CT molecular complexity index is 381. The maximum absolute atomic E-state index is 10.9. The summed E-state index contributed by atoms with van der Waals surface area (Å²) in [6.45, 7) is 1.93. The molecule has 1 fully saturated rings. The van der Waals surface area contributed by atoms with Gasteiger partial charge in [0.1, 0.15) is 0 Å². The first-order valence-corrected chi connectivity index (χ1v) is 5.05. The molecule has 15 heavy (non-hydrogen) atoms. The van der Waals surface area contributed by atoms with Crippen LogP contribution in [0.4, 0.5) is 0 Å². The highest BCUT2D eigenvalue weighted by Gasteiger charge is 2.26. The molecule has 1 aromatic carbocycles. The summed E-state index contributed by atoms with van der Waals surface area (Å²) in [6, 6.07) is 3.69. The van der Waals surface area contributed by atoms with Gasteiger partial charge in [-0.1, -0.05) is 0 Å². The molecule has 1 aromatic rings. The molecule has 80 valence electrons. The zero-order valence-electron chi connectivity index (χ0n) is 8.95. The number of hydrogen-bond donors (Lipinski definition) is 0. The van der Waals surface area contributed by atoms with Gasteiger partial charge in [-0.2, -0.15) is 0 Å². The van der Waals surface area contributed by atoms with Crippen LogP contribution < -0.4 is 9.47 Å². The predicted molar refractivity (Wildman–Crippen MR) is 56.8 cm³/mol. The molecule has 3 heteroatoms. The molecule has 0 amide bonds. The van der Waals surface area contributed by atoms with E-state index in [4.69, 9.17) is 9.47 Å². The van der Waals surface area contributed by atoms with Gasteiger partial charge in [0.25, 0.3) is 0 Å². The molecule has 0 aliphatic heterocycles. The fourth-order valence-electron chi connectivity index (χ4n) is 1.48. The van der Waals surface area contributed by atoms with E-state index in [0.29, 0.717) is 17.1 Å². The largest absolute Gasteiger partial charge is 0.493 e. The Morgan fingerprint density at radius 3 is 2.67 bits per heavy atom. The van der Waals surface area contributed by atoms with E-state index in [9.17, 15) is 4.79 Å². The molecular weight excluding hydrogens is 192 g/mol. The molecule has 0 N–H and O–H groups in total. The van der Waals surface area contributed by atoms with Crippen LogP contribution in [-0.2, 0) is 0 Å². The average Bonchev–Trinajstić information content (AvgIpc) is 3.03. The molecule has 0 spiro atoms. The van der Waals surface area contributed by atoms with Gasteiger partial charge in [0, 0.05) is 0 Å². The maximum Gasteiger partial charge on any atom is 0.172 e. The highest BCUT2D eigenvalue weighted by atomic mass is 16.5. The molecule has 0 radical (unpaired) electrons. The van der Waals surface area contributed by atoms with Crippen molar-refractivity contribution in [1.29, 1.82) is 0 Å². The summed E-state index contributed by atoms with van der Waals surface area (Å²) in [7, 11) is 1.59. The number of carbonyl (C=O) groups is 1. The van der Waals surface area contributed by atoms with Gasteiger partial charge < -0.3 is 9.47 Å². The van der Waals surface area contributed by atoms with Gasteiger partial charge in [-0.25, -0.2) is 0 Å². The molecule has 0 heterocycles. The quantitative estimate of drug-likeness (QED) is 0.709. The van der Waals surface area contributed by atoms with Crippen LogP contribution in [-0.4, -0.2) is 19.5 Å². The van der Waals surface area contributed by atoms with Gasteiger partial charge in [-0.15, -0.1) is 0 Å². The number of methoxy groups -OCH3 is 1. The Morgan fingerprint density at radius 1 is 1.40 bits per heavy atom. The number of aryl methyl sites for hydroxylation is 1. The van der Waals surface area contributed by atoms with Gasteiger partial charge in [0.2, 0.25) is 0 Å². The molecule has 0 saturated heterocycles. The zero-order chi connectivity index (χ0) is 10.8. The molecule has 0 atom stereocenters. The molecule has 1 aliphatic rings. The van der Waals surface area contributed by atoms with Crippen molar-refractivity contribution in [2.75, 3.05) is 7.11 Å². The number of carbonyl (C=O) groups excluding carboxylic acids is 1. The minimum Gasteiger partial charge on any atom is -0.493 e. The minimum atomic E-state index is 0.264. The lowest BCUT2D eigenvalue weighted by Crippen LogP contribution is -2.02. The number of rotatable bonds is 4. The van der Waals surface area contributed by atoms with E-state index in [1.807, 2.05) is 19.1 Å². The summed E-state index contributed by atoms with van der Waals surface area (Å²) >= 11 is 0. The first kappa shape index (κ1) is 10.0. The van der Waals surface area contributed by atoms with Crippen LogP contribution >= 0.6 is 0 Å². The van der Waals surface area contributed by atoms with Crippen LogP contribution in [0.2, 0.25) is 0 Å². The second kappa shape index (κ2) is 3.93. The van der Waals surface area contributed by atoms with Crippen molar-refractivity contribution in [3.8, 4) is 11.5 Å². The van der Waals surface area contributed by atoms with Crippen LogP contribution in [0.1, 0.15) is 28.8 Å². The standard InChI is InChI=1S/C12H14O3/c1-8-5-9(7-13)12(11(6-8)14-2)15-10-3-4-10/h5-7,10H,3-4H2,1-2H3. The third kappa shape index (κ3) is 2.12. The molecule has 1 aliphatic carbocycles. The average molecular weight is 206 g/mol. The van der Waals surface area contributed by atoms with E-state index in [0.717, 1.165) is 24.7 Å². The van der Waals surface area contributed by atoms with Crippen molar-refractivity contribution in [2.24, 2.45) is 0 Å². The van der Waals surface area contributed by atoms with Crippen LogP contribution in [0, 0.1) is 6.92 Å². The summed E-state index contributed by atoms with van der Waals surface area (Å²) in [5.41, 5.74) is 1.57. The third-order valence-corrected chi connectivity index (χ3v) is 2.38. The lowest BCUT2D eigenvalue weighted by atomic mass is 10.1. The lowest BCUT2D eigenvalue weighted by molar-refractivity contribution is 0.111. The molecule has 3 nitrogen and oxygen atoms in total. The van der Waals surface area contributed by atoms with Crippen LogP contribution in [0.5, 0.6) is 11.5 Å². The van der Waals surface area contributed by atoms with Crippen molar-refractivity contribution in [3.63, 3.8) is 0 Å². The van der Waals surface area contributed by atoms with E-state index in [-0.39, 0.29) is 6.10 Å². The Kier molecular flexibility index (Phi) is 2.62. The number of aldehydes is 1. The normalized spacial score (nSPS) is 14.8. The van der Waals surface area contributed by atoms with Crippen LogP contribution in [0.15, 0.2) is 12.1 Å². The van der Waals surface area contributed by atoms with Gasteiger partial charge in [0.05, 0.1) is 18.8 Å². The topological polar surface area (TPSA) is 35.5 Å². The molecule has 1 saturated carbocycles. The van der Waals surface area contributed by atoms with E-state index < -0.39 is 0 Å². The Balaban J connectivity index is 2.40. The van der Waals surface area contributed by atoms with Gasteiger partial charge in [-0.3, -0.25) is 4.79 Å². The second-order valence-corrected chi connectivity index (χ2v) is 3.82. The van der Waals surface area contributed by atoms with Crippen molar-refractivity contribution in [3.05, 3.63) is 23.3 Å². The number of hydrogen-bond acceptors (Lipinski definition) is 3. The van der Waals surface area contributed by atoms with E-state index >= 15 is 0 Å². The maximum atomic E-state index is 10.9. The lowest BCUT2D eigenvalue weighted by Gasteiger charge is -2.12. The molecule has 2 rings (SSSR count). The fraction of sp³-hybridized carbons (Fsp3) is 0.417. The highest BCUT2D eigenvalue weighted by Crippen LogP contribution is 2.36. The summed E-state index contributed by atoms with van der Waals surface area (Å²) in [5.74, 6) is 1.23. The SMILES string of the molecule is COc1cc(C)cc(C=O)c1OC1CC1. The third-order valence-electron chi connectivity index (χ3n) is 2.38. The van der Waals surface area contributed by atoms with E-state index in [1.165, 1.54) is 0 Å². The van der Waals surface area contributed by atoms with Gasteiger partial charge in [0.15, 0.2) is 17.8 Å².